The van der Waals surface area contributed by atoms with Gasteiger partial charge in [-0.05, 0) is 38.0 Å². The first-order valence-corrected chi connectivity index (χ1v) is 9.08. The first-order chi connectivity index (χ1) is 12.1. The molecule has 6 nitrogen and oxygen atoms in total. The Morgan fingerprint density at radius 2 is 2.08 bits per heavy atom. The van der Waals surface area contributed by atoms with Crippen LogP contribution in [0.5, 0.6) is 5.75 Å². The van der Waals surface area contributed by atoms with Gasteiger partial charge in [0, 0.05) is 6.54 Å². The first kappa shape index (κ1) is 19.3. The van der Waals surface area contributed by atoms with Crippen LogP contribution in [0.1, 0.15) is 25.1 Å². The molecule has 0 unspecified atom stereocenters. The second kappa shape index (κ2) is 9.48. The minimum absolute atomic E-state index is 0.0933. The van der Waals surface area contributed by atoms with E-state index < -0.39 is 0 Å². The lowest BCUT2D eigenvalue weighted by Crippen LogP contribution is -2.18. The minimum atomic E-state index is -0.353. The van der Waals surface area contributed by atoms with Gasteiger partial charge in [-0.15, -0.1) is 0 Å². The van der Waals surface area contributed by atoms with Crippen molar-refractivity contribution in [1.82, 2.24) is 9.55 Å². The molecule has 0 saturated carbocycles. The molecule has 136 valence electrons. The van der Waals surface area contributed by atoms with Crippen molar-refractivity contribution in [3.8, 4) is 5.75 Å². The molecular formula is C18H24N2O4S. The topological polar surface area (TPSA) is 73.6 Å². The highest BCUT2D eigenvalue weighted by atomic mass is 32.2. The number of aliphatic hydroxyl groups excluding tert-OH is 1. The molecule has 2 rings (SSSR count). The molecule has 1 N–H and O–H groups in total. The van der Waals surface area contributed by atoms with E-state index >= 15 is 0 Å². The van der Waals surface area contributed by atoms with Crippen LogP contribution in [0.2, 0.25) is 0 Å². The SMILES string of the molecule is CCOC(=O)[C@H](C)Sc1ncc(CO)n1CCc1ccc(OC)cc1. The highest BCUT2D eigenvalue weighted by Crippen LogP contribution is 2.25. The molecular weight excluding hydrogens is 340 g/mol. The number of nitrogens with zero attached hydrogens (tertiary/aromatic N) is 2. The molecule has 0 aliphatic carbocycles. The molecule has 7 heteroatoms. The predicted molar refractivity (Wildman–Crippen MR) is 96.8 cm³/mol. The van der Waals surface area contributed by atoms with Gasteiger partial charge in [0.15, 0.2) is 5.16 Å². The van der Waals surface area contributed by atoms with Gasteiger partial charge in [0.2, 0.25) is 0 Å². The Morgan fingerprint density at radius 1 is 1.36 bits per heavy atom. The predicted octanol–water partition coefficient (Wildman–Crippen LogP) is 2.67. The van der Waals surface area contributed by atoms with Gasteiger partial charge in [-0.25, -0.2) is 4.98 Å². The number of carbonyl (C=O) groups is 1. The van der Waals surface area contributed by atoms with Crippen molar-refractivity contribution in [3.05, 3.63) is 41.7 Å². The van der Waals surface area contributed by atoms with E-state index in [4.69, 9.17) is 9.47 Å². The molecule has 0 saturated heterocycles. The maximum Gasteiger partial charge on any atom is 0.319 e. The van der Waals surface area contributed by atoms with Crippen LogP contribution in [0.3, 0.4) is 0 Å². The molecule has 25 heavy (non-hydrogen) atoms. The maximum atomic E-state index is 11.8. The number of esters is 1. The summed E-state index contributed by atoms with van der Waals surface area (Å²) in [6.07, 6.45) is 2.43. The molecule has 0 spiro atoms. The Kier molecular flexibility index (Phi) is 7.33. The zero-order valence-electron chi connectivity index (χ0n) is 14.8. The average molecular weight is 364 g/mol. The van der Waals surface area contributed by atoms with Crippen LogP contribution >= 0.6 is 11.8 Å². The second-order valence-corrected chi connectivity index (χ2v) is 6.76. The van der Waals surface area contributed by atoms with E-state index in [1.165, 1.54) is 11.8 Å². The summed E-state index contributed by atoms with van der Waals surface area (Å²) in [4.78, 5) is 16.2. The van der Waals surface area contributed by atoms with Gasteiger partial charge in [-0.3, -0.25) is 4.79 Å². The number of methoxy groups -OCH3 is 1. The minimum Gasteiger partial charge on any atom is -0.497 e. The van der Waals surface area contributed by atoms with E-state index in [-0.39, 0.29) is 17.8 Å². The molecule has 0 radical (unpaired) electrons. The van der Waals surface area contributed by atoms with Gasteiger partial charge in [0.25, 0.3) is 0 Å². The number of rotatable bonds is 9. The highest BCUT2D eigenvalue weighted by molar-refractivity contribution is 8.00. The number of aliphatic hydroxyl groups is 1. The molecule has 1 heterocycles. The van der Waals surface area contributed by atoms with Crippen LogP contribution in [0.25, 0.3) is 0 Å². The molecule has 1 atom stereocenters. The molecule has 1 aromatic heterocycles. The normalized spacial score (nSPS) is 12.0. The molecule has 1 aromatic carbocycles. The Morgan fingerprint density at radius 3 is 2.68 bits per heavy atom. The Bertz CT molecular complexity index is 685. The van der Waals surface area contributed by atoms with Crippen LogP contribution in [0.4, 0.5) is 0 Å². The molecule has 2 aromatic rings. The molecule has 0 aliphatic heterocycles. The number of aryl methyl sites for hydroxylation is 1. The fourth-order valence-corrected chi connectivity index (χ4v) is 3.28. The summed E-state index contributed by atoms with van der Waals surface area (Å²) in [7, 11) is 1.64. The van der Waals surface area contributed by atoms with Gasteiger partial charge in [-0.2, -0.15) is 0 Å². The van der Waals surface area contributed by atoms with Gasteiger partial charge >= 0.3 is 5.97 Å². The van der Waals surface area contributed by atoms with Crippen molar-refractivity contribution in [2.75, 3.05) is 13.7 Å². The summed E-state index contributed by atoms with van der Waals surface area (Å²) in [6, 6.07) is 7.88. The third kappa shape index (κ3) is 5.24. The number of carbonyl (C=O) groups excluding carboxylic acids is 1. The monoisotopic (exact) mass is 364 g/mol. The number of hydrogen-bond donors (Lipinski definition) is 1. The van der Waals surface area contributed by atoms with E-state index in [0.717, 1.165) is 23.4 Å². The lowest BCUT2D eigenvalue weighted by atomic mass is 10.1. The van der Waals surface area contributed by atoms with Crippen LogP contribution in [-0.4, -0.2) is 39.6 Å². The number of imidazole rings is 1. The van der Waals surface area contributed by atoms with E-state index in [2.05, 4.69) is 4.98 Å². The van der Waals surface area contributed by atoms with Crippen LogP contribution in [0.15, 0.2) is 35.6 Å². The Labute approximate surface area is 152 Å². The van der Waals surface area contributed by atoms with Crippen molar-refractivity contribution in [3.63, 3.8) is 0 Å². The zero-order chi connectivity index (χ0) is 18.2. The van der Waals surface area contributed by atoms with Gasteiger partial charge < -0.3 is 19.1 Å². The first-order valence-electron chi connectivity index (χ1n) is 8.20. The summed E-state index contributed by atoms with van der Waals surface area (Å²) >= 11 is 1.34. The molecule has 0 fully saturated rings. The Hall–Kier alpha value is -1.99. The highest BCUT2D eigenvalue weighted by Gasteiger charge is 2.19. The smallest absolute Gasteiger partial charge is 0.319 e. The van der Waals surface area contributed by atoms with Crippen molar-refractivity contribution < 1.29 is 19.4 Å². The summed E-state index contributed by atoms with van der Waals surface area (Å²) < 4.78 is 12.2. The maximum absolute atomic E-state index is 11.8. The van der Waals surface area contributed by atoms with Crippen molar-refractivity contribution in [1.29, 1.82) is 0 Å². The fraction of sp³-hybridized carbons (Fsp3) is 0.444. The van der Waals surface area contributed by atoms with Crippen LogP contribution in [0, 0.1) is 0 Å². The number of benzene rings is 1. The van der Waals surface area contributed by atoms with E-state index in [1.807, 2.05) is 28.8 Å². The lowest BCUT2D eigenvalue weighted by Gasteiger charge is -2.13. The standard InChI is InChI=1S/C18H24N2O4S/c1-4-24-17(22)13(2)25-18-19-11-15(12-21)20(18)10-9-14-5-7-16(23-3)8-6-14/h5-8,11,13,21H,4,9-10,12H2,1-3H3/t13-/m0/s1. The Balaban J connectivity index is 2.07. The molecule has 0 amide bonds. The summed E-state index contributed by atoms with van der Waals surface area (Å²) in [5.74, 6) is 0.560. The number of ether oxygens (including phenoxy) is 2. The fourth-order valence-electron chi connectivity index (χ4n) is 2.35. The van der Waals surface area contributed by atoms with Gasteiger partial charge in [0.1, 0.15) is 11.0 Å². The van der Waals surface area contributed by atoms with Gasteiger partial charge in [-0.1, -0.05) is 23.9 Å². The second-order valence-electron chi connectivity index (χ2n) is 5.45. The number of aromatic nitrogens is 2. The van der Waals surface area contributed by atoms with Crippen LogP contribution in [-0.2, 0) is 29.1 Å². The third-order valence-electron chi connectivity index (χ3n) is 3.75. The van der Waals surface area contributed by atoms with Crippen molar-refractivity contribution in [2.45, 2.75) is 43.8 Å². The average Bonchev–Trinajstić information content (AvgIpc) is 3.02. The lowest BCUT2D eigenvalue weighted by molar-refractivity contribution is -0.142. The third-order valence-corrected chi connectivity index (χ3v) is 4.83. The quantitative estimate of drug-likeness (QED) is 0.545. The van der Waals surface area contributed by atoms with Crippen LogP contribution < -0.4 is 4.74 Å². The summed E-state index contributed by atoms with van der Waals surface area (Å²) in [5.41, 5.74) is 1.89. The summed E-state index contributed by atoms with van der Waals surface area (Å²) in [6.45, 7) is 4.51. The van der Waals surface area contributed by atoms with E-state index in [9.17, 15) is 9.90 Å². The number of hydrogen-bond acceptors (Lipinski definition) is 6. The zero-order valence-corrected chi connectivity index (χ0v) is 15.6. The van der Waals surface area contributed by atoms with E-state index in [0.29, 0.717) is 18.3 Å². The number of thioether (sulfide) groups is 1. The van der Waals surface area contributed by atoms with Crippen molar-refractivity contribution >= 4 is 17.7 Å². The summed E-state index contributed by atoms with van der Waals surface area (Å²) in [5, 5.41) is 9.90. The van der Waals surface area contributed by atoms with E-state index in [1.54, 1.807) is 27.2 Å². The largest absolute Gasteiger partial charge is 0.497 e. The molecule has 0 aliphatic rings. The van der Waals surface area contributed by atoms with Crippen molar-refractivity contribution in [2.24, 2.45) is 0 Å². The molecule has 0 bridgehead atoms. The van der Waals surface area contributed by atoms with Gasteiger partial charge in [0.05, 0.1) is 32.2 Å².